The van der Waals surface area contributed by atoms with Gasteiger partial charge in [0.05, 0.1) is 0 Å². The van der Waals surface area contributed by atoms with Gasteiger partial charge in [-0.25, -0.2) is 0 Å². The van der Waals surface area contributed by atoms with Crippen LogP contribution in [0.15, 0.2) is 0 Å². The molecule has 0 heterocycles. The van der Waals surface area contributed by atoms with Gasteiger partial charge in [0, 0.05) is 0 Å². The van der Waals surface area contributed by atoms with Gasteiger partial charge in [0.2, 0.25) is 0 Å². The second-order valence-corrected chi connectivity index (χ2v) is 3.53. The van der Waals surface area contributed by atoms with Crippen molar-refractivity contribution in [1.29, 1.82) is 0 Å². The van der Waals surface area contributed by atoms with Crippen LogP contribution in [0.1, 0.15) is 58.8 Å². The predicted octanol–water partition coefficient (Wildman–Crippen LogP) is 4.08. The third-order valence-corrected chi connectivity index (χ3v) is 2.20. The monoisotopic (exact) mass is 154 g/mol. The van der Waals surface area contributed by atoms with Gasteiger partial charge in [0.1, 0.15) is 0 Å². The van der Waals surface area contributed by atoms with E-state index in [9.17, 15) is 0 Å². The van der Waals surface area contributed by atoms with E-state index in [0.717, 1.165) is 12.3 Å². The summed E-state index contributed by atoms with van der Waals surface area (Å²) in [5.41, 5.74) is 0. The molecule has 0 bridgehead atoms. The highest BCUT2D eigenvalue weighted by Gasteiger charge is 1.99. The van der Waals surface area contributed by atoms with Crippen LogP contribution in [0.3, 0.4) is 0 Å². The molecule has 0 aromatic heterocycles. The van der Waals surface area contributed by atoms with Crippen LogP contribution in [0.25, 0.3) is 0 Å². The Morgan fingerprint density at radius 1 is 1.09 bits per heavy atom. The summed E-state index contributed by atoms with van der Waals surface area (Å²) in [4.78, 5) is 0. The van der Waals surface area contributed by atoms with Gasteiger partial charge in [-0.3, -0.25) is 0 Å². The van der Waals surface area contributed by atoms with E-state index in [1.165, 1.54) is 38.5 Å². The summed E-state index contributed by atoms with van der Waals surface area (Å²) in [6.07, 6.45) is 8.91. The summed E-state index contributed by atoms with van der Waals surface area (Å²) in [6.45, 7) is 10.0. The van der Waals surface area contributed by atoms with Gasteiger partial charge in [0.15, 0.2) is 0 Å². The first-order chi connectivity index (χ1) is 5.31. The molecule has 11 heavy (non-hydrogen) atoms. The van der Waals surface area contributed by atoms with Gasteiger partial charge >= 0.3 is 0 Å². The summed E-state index contributed by atoms with van der Waals surface area (Å²) in [5, 5.41) is 0. The fraction of sp³-hybridized carbons (Fsp3) is 0.909. The molecule has 0 amide bonds. The first-order valence-corrected chi connectivity index (χ1v) is 5.01. The summed E-state index contributed by atoms with van der Waals surface area (Å²) in [6, 6.07) is 0. The van der Waals surface area contributed by atoms with Crippen LogP contribution in [-0.2, 0) is 0 Å². The molecule has 0 fully saturated rings. The SMILES string of the molecule is [CH]CCCC(C)CCCCC. The van der Waals surface area contributed by atoms with E-state index in [1.54, 1.807) is 0 Å². The molecule has 1 atom stereocenters. The summed E-state index contributed by atoms with van der Waals surface area (Å²) in [7, 11) is 0. The van der Waals surface area contributed by atoms with Crippen molar-refractivity contribution < 1.29 is 0 Å². The Hall–Kier alpha value is 0. The normalized spacial score (nSPS) is 13.4. The number of hydrogen-bond donors (Lipinski definition) is 0. The Morgan fingerprint density at radius 2 is 1.73 bits per heavy atom. The summed E-state index contributed by atoms with van der Waals surface area (Å²) in [5.74, 6) is 0.894. The van der Waals surface area contributed by atoms with Crippen molar-refractivity contribution in [2.45, 2.75) is 58.8 Å². The quantitative estimate of drug-likeness (QED) is 0.485. The molecule has 66 valence electrons. The van der Waals surface area contributed by atoms with Crippen molar-refractivity contribution in [3.05, 3.63) is 6.92 Å². The fourth-order valence-corrected chi connectivity index (χ4v) is 1.35. The Bertz CT molecular complexity index is 66.4. The molecule has 1 unspecified atom stereocenters. The van der Waals surface area contributed by atoms with Crippen LogP contribution < -0.4 is 0 Å². The third-order valence-electron chi connectivity index (χ3n) is 2.20. The smallest absolute Gasteiger partial charge is 0.0352 e. The second kappa shape index (κ2) is 8.10. The molecule has 2 radical (unpaired) electrons. The minimum atomic E-state index is 0.859. The molecule has 0 aromatic rings. The van der Waals surface area contributed by atoms with E-state index in [2.05, 4.69) is 13.8 Å². The van der Waals surface area contributed by atoms with Gasteiger partial charge < -0.3 is 0 Å². The molecule has 0 saturated heterocycles. The van der Waals surface area contributed by atoms with Crippen LogP contribution in [0.2, 0.25) is 0 Å². The molecule has 0 N–H and O–H groups in total. The van der Waals surface area contributed by atoms with Crippen LogP contribution in [-0.4, -0.2) is 0 Å². The molecular formula is C11H22. The topological polar surface area (TPSA) is 0 Å². The highest BCUT2D eigenvalue weighted by molar-refractivity contribution is 4.54. The zero-order valence-corrected chi connectivity index (χ0v) is 8.10. The highest BCUT2D eigenvalue weighted by atomic mass is 14.1. The molecule has 0 aliphatic carbocycles. The molecule has 0 aliphatic heterocycles. The first kappa shape index (κ1) is 11.0. The van der Waals surface area contributed by atoms with Gasteiger partial charge in [-0.1, -0.05) is 52.4 Å². The minimum absolute atomic E-state index is 0.859. The zero-order valence-electron chi connectivity index (χ0n) is 8.10. The van der Waals surface area contributed by atoms with Crippen LogP contribution in [0, 0.1) is 12.8 Å². The van der Waals surface area contributed by atoms with Crippen molar-refractivity contribution in [1.82, 2.24) is 0 Å². The standard InChI is InChI=1S/C11H22/c1-4-6-8-10-11(3)9-7-5-2/h2,11H,4-10H2,1,3H3. The molecule has 0 heteroatoms. The van der Waals surface area contributed by atoms with E-state index in [4.69, 9.17) is 6.92 Å². The Labute approximate surface area is 72.4 Å². The van der Waals surface area contributed by atoms with Gasteiger partial charge in [-0.05, 0) is 19.3 Å². The van der Waals surface area contributed by atoms with Crippen molar-refractivity contribution >= 4 is 0 Å². The molecule has 0 nitrogen and oxygen atoms in total. The first-order valence-electron chi connectivity index (χ1n) is 5.01. The Kier molecular flexibility index (Phi) is 8.10. The average Bonchev–Trinajstić information content (AvgIpc) is 2.01. The lowest BCUT2D eigenvalue weighted by molar-refractivity contribution is 0.452. The minimum Gasteiger partial charge on any atom is -0.0654 e. The van der Waals surface area contributed by atoms with Crippen molar-refractivity contribution in [3.8, 4) is 0 Å². The summed E-state index contributed by atoms with van der Waals surface area (Å²) >= 11 is 0. The highest BCUT2D eigenvalue weighted by Crippen LogP contribution is 2.15. The Morgan fingerprint density at radius 3 is 2.27 bits per heavy atom. The van der Waals surface area contributed by atoms with Crippen LogP contribution in [0.4, 0.5) is 0 Å². The van der Waals surface area contributed by atoms with Crippen LogP contribution in [0.5, 0.6) is 0 Å². The van der Waals surface area contributed by atoms with E-state index in [0.29, 0.717) is 0 Å². The van der Waals surface area contributed by atoms with E-state index in [1.807, 2.05) is 0 Å². The van der Waals surface area contributed by atoms with Crippen molar-refractivity contribution in [3.63, 3.8) is 0 Å². The average molecular weight is 154 g/mol. The van der Waals surface area contributed by atoms with E-state index >= 15 is 0 Å². The maximum absolute atomic E-state index is 5.43. The maximum Gasteiger partial charge on any atom is -0.0352 e. The third kappa shape index (κ3) is 7.90. The zero-order chi connectivity index (χ0) is 8.53. The lowest BCUT2D eigenvalue weighted by Crippen LogP contribution is -1.93. The van der Waals surface area contributed by atoms with Gasteiger partial charge in [0.25, 0.3) is 0 Å². The van der Waals surface area contributed by atoms with Crippen molar-refractivity contribution in [2.75, 3.05) is 0 Å². The lowest BCUT2D eigenvalue weighted by atomic mass is 9.98. The fourth-order valence-electron chi connectivity index (χ4n) is 1.35. The van der Waals surface area contributed by atoms with Crippen LogP contribution >= 0.6 is 0 Å². The van der Waals surface area contributed by atoms with E-state index < -0.39 is 0 Å². The molecule has 0 saturated carbocycles. The molecule has 0 spiro atoms. The molecular weight excluding hydrogens is 132 g/mol. The number of hydrogen-bond acceptors (Lipinski definition) is 0. The second-order valence-electron chi connectivity index (χ2n) is 3.53. The van der Waals surface area contributed by atoms with Gasteiger partial charge in [-0.15, -0.1) is 0 Å². The predicted molar refractivity (Wildman–Crippen MR) is 51.5 cm³/mol. The molecule has 0 aromatic carbocycles. The maximum atomic E-state index is 5.43. The lowest BCUT2D eigenvalue weighted by Gasteiger charge is -2.08. The largest absolute Gasteiger partial charge is 0.0654 e. The number of rotatable bonds is 7. The Balaban J connectivity index is 3.02. The van der Waals surface area contributed by atoms with Crippen molar-refractivity contribution in [2.24, 2.45) is 5.92 Å². The van der Waals surface area contributed by atoms with E-state index in [-0.39, 0.29) is 0 Å². The molecule has 0 aliphatic rings. The number of unbranched alkanes of at least 4 members (excludes halogenated alkanes) is 3. The summed E-state index contributed by atoms with van der Waals surface area (Å²) < 4.78 is 0. The van der Waals surface area contributed by atoms with Gasteiger partial charge in [-0.2, -0.15) is 0 Å². The molecule has 0 rings (SSSR count).